The van der Waals surface area contributed by atoms with Crippen molar-refractivity contribution >= 4 is 5.71 Å². The van der Waals surface area contributed by atoms with Crippen LogP contribution in [0.3, 0.4) is 0 Å². The molecule has 1 aliphatic heterocycles. The Hall–Kier alpha value is -1.31. The molecule has 0 aromatic rings. The monoisotopic (exact) mass is 201 g/mol. The standard InChI is InChI=1S/C13H15NO/c15-12-7-3-5-10-8-9-4-1-2-6-11(9)14-13(10)12/h1-2,4,6,9-10,15H,3,5,7-8H2. The number of aliphatic imine (C=N–C) groups is 1. The van der Waals surface area contributed by atoms with Crippen molar-refractivity contribution in [2.75, 3.05) is 0 Å². The van der Waals surface area contributed by atoms with E-state index in [2.05, 4.69) is 23.2 Å². The first kappa shape index (κ1) is 8.96. The normalized spacial score (nSPS) is 33.5. The van der Waals surface area contributed by atoms with Gasteiger partial charge in [-0.1, -0.05) is 18.2 Å². The molecule has 1 N–H and O–H groups in total. The number of aliphatic hydroxyl groups is 1. The summed E-state index contributed by atoms with van der Waals surface area (Å²) in [5.74, 6) is 1.50. The van der Waals surface area contributed by atoms with Crippen LogP contribution in [0.2, 0.25) is 0 Å². The van der Waals surface area contributed by atoms with E-state index in [-0.39, 0.29) is 0 Å². The molecule has 2 atom stereocenters. The van der Waals surface area contributed by atoms with Crippen LogP contribution in [0.5, 0.6) is 0 Å². The number of hydrogen-bond acceptors (Lipinski definition) is 2. The Morgan fingerprint density at radius 1 is 1.33 bits per heavy atom. The van der Waals surface area contributed by atoms with Crippen LogP contribution < -0.4 is 0 Å². The molecule has 78 valence electrons. The lowest BCUT2D eigenvalue weighted by molar-refractivity contribution is 0.316. The van der Waals surface area contributed by atoms with Gasteiger partial charge in [-0.15, -0.1) is 0 Å². The molecule has 2 nitrogen and oxygen atoms in total. The van der Waals surface area contributed by atoms with E-state index in [1.165, 1.54) is 6.42 Å². The van der Waals surface area contributed by atoms with Gasteiger partial charge in [-0.25, -0.2) is 0 Å². The Labute approximate surface area is 89.7 Å². The van der Waals surface area contributed by atoms with E-state index < -0.39 is 0 Å². The number of nitrogens with zero attached hydrogens (tertiary/aromatic N) is 1. The minimum absolute atomic E-state index is 0.481. The second-order valence-electron chi connectivity index (χ2n) is 4.54. The number of aliphatic hydroxyl groups excluding tert-OH is 1. The molecule has 0 aromatic heterocycles. The van der Waals surface area contributed by atoms with Crippen molar-refractivity contribution in [3.63, 3.8) is 0 Å². The largest absolute Gasteiger partial charge is 0.510 e. The highest BCUT2D eigenvalue weighted by atomic mass is 16.3. The van der Waals surface area contributed by atoms with Crippen molar-refractivity contribution in [1.29, 1.82) is 0 Å². The van der Waals surface area contributed by atoms with Gasteiger partial charge in [0.05, 0.1) is 5.70 Å². The molecule has 3 rings (SSSR count). The number of allylic oxidation sites excluding steroid dienone is 6. The van der Waals surface area contributed by atoms with E-state index in [9.17, 15) is 5.11 Å². The lowest BCUT2D eigenvalue weighted by atomic mass is 9.78. The second kappa shape index (κ2) is 3.37. The maximum atomic E-state index is 9.83. The predicted molar refractivity (Wildman–Crippen MR) is 60.8 cm³/mol. The van der Waals surface area contributed by atoms with Gasteiger partial charge in [-0.05, 0) is 25.3 Å². The molecule has 2 heteroatoms. The summed E-state index contributed by atoms with van der Waals surface area (Å²) in [5.41, 5.74) is 2.09. The Balaban J connectivity index is 2.03. The van der Waals surface area contributed by atoms with E-state index >= 15 is 0 Å². The summed E-state index contributed by atoms with van der Waals surface area (Å²) in [5, 5.41) is 9.83. The summed E-state index contributed by atoms with van der Waals surface area (Å²) < 4.78 is 0. The third kappa shape index (κ3) is 1.44. The molecule has 2 unspecified atom stereocenters. The van der Waals surface area contributed by atoms with E-state index in [0.717, 1.165) is 30.7 Å². The predicted octanol–water partition coefficient (Wildman–Crippen LogP) is 3.14. The molecule has 0 amide bonds. The molecule has 0 bridgehead atoms. The lowest BCUT2D eigenvalue weighted by Gasteiger charge is -2.32. The lowest BCUT2D eigenvalue weighted by Crippen LogP contribution is -2.25. The van der Waals surface area contributed by atoms with E-state index in [1.54, 1.807) is 0 Å². The Bertz CT molecular complexity index is 401. The highest BCUT2D eigenvalue weighted by molar-refractivity contribution is 6.00. The quantitative estimate of drug-likeness (QED) is 0.641. The van der Waals surface area contributed by atoms with Gasteiger partial charge in [0.2, 0.25) is 0 Å². The molecule has 3 aliphatic rings. The van der Waals surface area contributed by atoms with Gasteiger partial charge in [-0.2, -0.15) is 0 Å². The Kier molecular flexibility index (Phi) is 2.01. The fourth-order valence-corrected chi connectivity index (χ4v) is 2.74. The Morgan fingerprint density at radius 3 is 3.20 bits per heavy atom. The molecular formula is C13H15NO. The van der Waals surface area contributed by atoms with Gasteiger partial charge in [0, 0.05) is 24.0 Å². The molecule has 2 aliphatic carbocycles. The first-order valence-corrected chi connectivity index (χ1v) is 5.70. The zero-order valence-corrected chi connectivity index (χ0v) is 8.69. The molecule has 1 heterocycles. The molecular weight excluding hydrogens is 186 g/mol. The van der Waals surface area contributed by atoms with Crippen molar-refractivity contribution in [3.8, 4) is 0 Å². The maximum absolute atomic E-state index is 9.83. The molecule has 0 saturated carbocycles. The molecule has 0 fully saturated rings. The van der Waals surface area contributed by atoms with Crippen molar-refractivity contribution in [2.45, 2.75) is 25.7 Å². The van der Waals surface area contributed by atoms with Crippen LogP contribution in [0, 0.1) is 11.8 Å². The minimum Gasteiger partial charge on any atom is -0.510 e. The van der Waals surface area contributed by atoms with Crippen LogP contribution in [0.1, 0.15) is 25.7 Å². The summed E-state index contributed by atoms with van der Waals surface area (Å²) >= 11 is 0. The van der Waals surface area contributed by atoms with E-state index in [1.807, 2.05) is 6.08 Å². The number of fused-ring (bicyclic) bond motifs is 2. The average molecular weight is 201 g/mol. The van der Waals surface area contributed by atoms with Crippen LogP contribution in [0.25, 0.3) is 0 Å². The van der Waals surface area contributed by atoms with Gasteiger partial charge < -0.3 is 5.11 Å². The number of hydrogen-bond donors (Lipinski definition) is 1. The van der Waals surface area contributed by atoms with Crippen molar-refractivity contribution < 1.29 is 5.11 Å². The second-order valence-corrected chi connectivity index (χ2v) is 4.54. The number of rotatable bonds is 0. The molecule has 0 aromatic carbocycles. The highest BCUT2D eigenvalue weighted by Gasteiger charge is 2.31. The van der Waals surface area contributed by atoms with E-state index in [4.69, 9.17) is 0 Å². The van der Waals surface area contributed by atoms with Crippen LogP contribution in [0.15, 0.2) is 40.8 Å². The summed E-state index contributed by atoms with van der Waals surface area (Å²) in [6.07, 6.45) is 12.6. The molecule has 0 saturated heterocycles. The Morgan fingerprint density at radius 2 is 2.27 bits per heavy atom. The summed E-state index contributed by atoms with van der Waals surface area (Å²) in [6, 6.07) is 0. The third-order valence-corrected chi connectivity index (χ3v) is 3.54. The first-order valence-electron chi connectivity index (χ1n) is 5.70. The van der Waals surface area contributed by atoms with Gasteiger partial charge in [0.1, 0.15) is 5.76 Å². The van der Waals surface area contributed by atoms with Crippen LogP contribution in [0.4, 0.5) is 0 Å². The minimum atomic E-state index is 0.481. The zero-order chi connectivity index (χ0) is 10.3. The van der Waals surface area contributed by atoms with Crippen LogP contribution in [-0.2, 0) is 0 Å². The van der Waals surface area contributed by atoms with Gasteiger partial charge >= 0.3 is 0 Å². The SMILES string of the molecule is OC1=C2N=C3C=CC=CC3CC2CCC1. The smallest absolute Gasteiger partial charge is 0.114 e. The maximum Gasteiger partial charge on any atom is 0.114 e. The van der Waals surface area contributed by atoms with Crippen LogP contribution >= 0.6 is 0 Å². The average Bonchev–Trinajstić information content (AvgIpc) is 2.27. The fourth-order valence-electron chi connectivity index (χ4n) is 2.74. The van der Waals surface area contributed by atoms with Crippen molar-refractivity contribution in [2.24, 2.45) is 16.8 Å². The highest BCUT2D eigenvalue weighted by Crippen LogP contribution is 2.39. The molecule has 0 radical (unpaired) electrons. The topological polar surface area (TPSA) is 32.6 Å². The molecule has 15 heavy (non-hydrogen) atoms. The first-order chi connectivity index (χ1) is 7.34. The van der Waals surface area contributed by atoms with Gasteiger partial charge in [-0.3, -0.25) is 4.99 Å². The molecule has 0 spiro atoms. The van der Waals surface area contributed by atoms with Crippen molar-refractivity contribution in [1.82, 2.24) is 0 Å². The fraction of sp³-hybridized carbons (Fsp3) is 0.462. The van der Waals surface area contributed by atoms with Crippen molar-refractivity contribution in [3.05, 3.63) is 35.8 Å². The summed E-state index contributed by atoms with van der Waals surface area (Å²) in [6.45, 7) is 0. The third-order valence-electron chi connectivity index (χ3n) is 3.54. The zero-order valence-electron chi connectivity index (χ0n) is 8.69. The van der Waals surface area contributed by atoms with Gasteiger partial charge in [0.25, 0.3) is 0 Å². The summed E-state index contributed by atoms with van der Waals surface area (Å²) in [7, 11) is 0. The van der Waals surface area contributed by atoms with E-state index in [0.29, 0.717) is 17.6 Å². The summed E-state index contributed by atoms with van der Waals surface area (Å²) in [4.78, 5) is 4.62. The van der Waals surface area contributed by atoms with Crippen LogP contribution in [-0.4, -0.2) is 10.8 Å². The van der Waals surface area contributed by atoms with Gasteiger partial charge in [0.15, 0.2) is 0 Å².